The summed E-state index contributed by atoms with van der Waals surface area (Å²) in [5, 5.41) is 7.76. The number of rotatable bonds is 4. The zero-order chi connectivity index (χ0) is 14.8. The van der Waals surface area contributed by atoms with Crippen molar-refractivity contribution < 1.29 is 14.0 Å². The quantitative estimate of drug-likeness (QED) is 0.917. The number of ether oxygens (including phenoxy) is 2. The van der Waals surface area contributed by atoms with Crippen LogP contribution in [0.5, 0.6) is 0 Å². The van der Waals surface area contributed by atoms with Gasteiger partial charge in [0.1, 0.15) is 5.60 Å². The molecule has 0 bridgehead atoms. The van der Waals surface area contributed by atoms with Gasteiger partial charge in [-0.05, 0) is 39.7 Å². The van der Waals surface area contributed by atoms with Crippen LogP contribution in [0.1, 0.15) is 57.7 Å². The normalized spacial score (nSPS) is 29.4. The van der Waals surface area contributed by atoms with Crippen molar-refractivity contribution in [3.63, 3.8) is 0 Å². The molecule has 1 aromatic heterocycles. The van der Waals surface area contributed by atoms with Gasteiger partial charge in [0.2, 0.25) is 11.7 Å². The summed E-state index contributed by atoms with van der Waals surface area (Å²) in [5.74, 6) is 1.36. The molecule has 1 aromatic rings. The van der Waals surface area contributed by atoms with Crippen molar-refractivity contribution in [2.75, 3.05) is 26.4 Å². The summed E-state index contributed by atoms with van der Waals surface area (Å²) in [4.78, 5) is 4.70. The van der Waals surface area contributed by atoms with E-state index in [1.54, 1.807) is 0 Å². The highest BCUT2D eigenvalue weighted by Gasteiger charge is 2.42. The Balaban J connectivity index is 1.85. The molecule has 6 nitrogen and oxygen atoms in total. The molecule has 118 valence electrons. The van der Waals surface area contributed by atoms with Gasteiger partial charge < -0.3 is 19.3 Å². The minimum absolute atomic E-state index is 0.206. The summed E-state index contributed by atoms with van der Waals surface area (Å²) in [5.41, 5.74) is -0.651. The van der Waals surface area contributed by atoms with Crippen LogP contribution >= 0.6 is 0 Å². The summed E-state index contributed by atoms with van der Waals surface area (Å²) in [6.07, 6.45) is 4.98. The van der Waals surface area contributed by atoms with E-state index in [2.05, 4.69) is 17.4 Å². The highest BCUT2D eigenvalue weighted by molar-refractivity contribution is 5.08. The van der Waals surface area contributed by atoms with E-state index in [1.807, 2.05) is 6.92 Å². The van der Waals surface area contributed by atoms with Crippen LogP contribution in [0.25, 0.3) is 0 Å². The van der Waals surface area contributed by atoms with Crippen molar-refractivity contribution >= 4 is 0 Å². The van der Waals surface area contributed by atoms with Gasteiger partial charge in [-0.15, -0.1) is 0 Å². The molecule has 0 aliphatic carbocycles. The van der Waals surface area contributed by atoms with Gasteiger partial charge in [-0.25, -0.2) is 0 Å². The van der Waals surface area contributed by atoms with Crippen molar-refractivity contribution in [3.05, 3.63) is 11.7 Å². The zero-order valence-electron chi connectivity index (χ0n) is 13.0. The molecule has 3 rings (SSSR count). The average molecular weight is 295 g/mol. The highest BCUT2D eigenvalue weighted by Crippen LogP contribution is 2.36. The monoisotopic (exact) mass is 295 g/mol. The van der Waals surface area contributed by atoms with Gasteiger partial charge in [-0.1, -0.05) is 5.16 Å². The van der Waals surface area contributed by atoms with Crippen molar-refractivity contribution in [1.29, 1.82) is 0 Å². The molecule has 6 heteroatoms. The summed E-state index contributed by atoms with van der Waals surface area (Å²) < 4.78 is 17.0. The number of nitrogens with zero attached hydrogens (tertiary/aromatic N) is 2. The van der Waals surface area contributed by atoms with Crippen LogP contribution in [0.3, 0.4) is 0 Å². The lowest BCUT2D eigenvalue weighted by molar-refractivity contribution is -0.118. The van der Waals surface area contributed by atoms with Crippen LogP contribution in [-0.4, -0.2) is 36.5 Å². The van der Waals surface area contributed by atoms with Gasteiger partial charge in [0.05, 0.1) is 5.54 Å². The fourth-order valence-electron chi connectivity index (χ4n) is 3.28. The second-order valence-electron chi connectivity index (χ2n) is 6.18. The van der Waals surface area contributed by atoms with Gasteiger partial charge in [0.15, 0.2) is 0 Å². The van der Waals surface area contributed by atoms with Gasteiger partial charge in [0.25, 0.3) is 0 Å². The third-order valence-corrected chi connectivity index (χ3v) is 4.65. The van der Waals surface area contributed by atoms with Crippen molar-refractivity contribution in [3.8, 4) is 0 Å². The average Bonchev–Trinajstić information content (AvgIpc) is 3.01. The Labute approximate surface area is 125 Å². The Kier molecular flexibility index (Phi) is 4.28. The van der Waals surface area contributed by atoms with Crippen LogP contribution in [0.15, 0.2) is 4.52 Å². The molecular weight excluding hydrogens is 270 g/mol. The van der Waals surface area contributed by atoms with E-state index in [9.17, 15) is 0 Å². The van der Waals surface area contributed by atoms with E-state index in [1.165, 1.54) is 12.8 Å². The fraction of sp³-hybridized carbons (Fsp3) is 0.867. The van der Waals surface area contributed by atoms with Gasteiger partial charge in [-0.3, -0.25) is 0 Å². The fourth-order valence-corrected chi connectivity index (χ4v) is 3.28. The Morgan fingerprint density at radius 2 is 2.05 bits per heavy atom. The molecule has 0 radical (unpaired) electrons. The first-order chi connectivity index (χ1) is 10.2. The summed E-state index contributed by atoms with van der Waals surface area (Å²) in [6, 6.07) is 0. The number of aromatic nitrogens is 2. The maximum atomic E-state index is 6.00. The van der Waals surface area contributed by atoms with Crippen LogP contribution in [0.4, 0.5) is 0 Å². The molecule has 0 saturated carbocycles. The maximum absolute atomic E-state index is 6.00. The number of hydrogen-bond donors (Lipinski definition) is 1. The highest BCUT2D eigenvalue weighted by atomic mass is 16.5. The smallest absolute Gasteiger partial charge is 0.246 e. The number of hydrogen-bond acceptors (Lipinski definition) is 6. The van der Waals surface area contributed by atoms with Gasteiger partial charge in [-0.2, -0.15) is 4.98 Å². The third-order valence-electron chi connectivity index (χ3n) is 4.65. The molecule has 1 N–H and O–H groups in total. The van der Waals surface area contributed by atoms with Crippen molar-refractivity contribution in [1.82, 2.24) is 15.5 Å². The summed E-state index contributed by atoms with van der Waals surface area (Å²) >= 11 is 0. The minimum atomic E-state index is -0.445. The maximum Gasteiger partial charge on any atom is 0.246 e. The Morgan fingerprint density at radius 1 is 1.24 bits per heavy atom. The second-order valence-corrected chi connectivity index (χ2v) is 6.18. The van der Waals surface area contributed by atoms with E-state index in [0.717, 1.165) is 25.8 Å². The predicted molar refractivity (Wildman–Crippen MR) is 76.9 cm³/mol. The van der Waals surface area contributed by atoms with Gasteiger partial charge >= 0.3 is 0 Å². The standard InChI is InChI=1S/C15H25N3O3/c1-3-20-15(7-10-19-11-8-15)12-17-13(21-18-12)14(2)6-4-5-9-16-14/h16H,3-11H2,1-2H3. The van der Waals surface area contributed by atoms with E-state index in [4.69, 9.17) is 19.0 Å². The minimum Gasteiger partial charge on any atom is -0.381 e. The molecule has 0 amide bonds. The molecule has 0 spiro atoms. The Hall–Kier alpha value is -0.980. The van der Waals surface area contributed by atoms with Crippen LogP contribution < -0.4 is 5.32 Å². The largest absolute Gasteiger partial charge is 0.381 e. The molecule has 1 atom stereocenters. The van der Waals surface area contributed by atoms with Crippen molar-refractivity contribution in [2.24, 2.45) is 0 Å². The summed E-state index contributed by atoms with van der Waals surface area (Å²) in [7, 11) is 0. The van der Waals surface area contributed by atoms with Crippen molar-refractivity contribution in [2.45, 2.75) is 57.1 Å². The van der Waals surface area contributed by atoms with E-state index < -0.39 is 5.60 Å². The predicted octanol–water partition coefficient (Wildman–Crippen LogP) is 2.10. The van der Waals surface area contributed by atoms with Crippen LogP contribution in [0, 0.1) is 0 Å². The topological polar surface area (TPSA) is 69.4 Å². The lowest BCUT2D eigenvalue weighted by atomic mass is 9.90. The molecule has 3 heterocycles. The third kappa shape index (κ3) is 2.84. The van der Waals surface area contributed by atoms with Crippen LogP contribution in [0.2, 0.25) is 0 Å². The molecule has 0 aromatic carbocycles. The number of piperidine rings is 1. The van der Waals surface area contributed by atoms with E-state index in [0.29, 0.717) is 31.5 Å². The second kappa shape index (κ2) is 6.02. The summed E-state index contributed by atoms with van der Waals surface area (Å²) in [6.45, 7) is 7.14. The molecule has 2 fully saturated rings. The SMILES string of the molecule is CCOC1(c2noc(C3(C)CCCCN3)n2)CCOCC1. The molecule has 2 saturated heterocycles. The Morgan fingerprint density at radius 3 is 2.71 bits per heavy atom. The zero-order valence-corrected chi connectivity index (χ0v) is 13.0. The first-order valence-corrected chi connectivity index (χ1v) is 8.00. The van der Waals surface area contributed by atoms with E-state index >= 15 is 0 Å². The van der Waals surface area contributed by atoms with Gasteiger partial charge in [0, 0.05) is 32.7 Å². The first kappa shape index (κ1) is 14.9. The molecule has 1 unspecified atom stereocenters. The molecular formula is C15H25N3O3. The van der Waals surface area contributed by atoms with Crippen LogP contribution in [-0.2, 0) is 20.6 Å². The molecule has 2 aliphatic rings. The Bertz CT molecular complexity index is 457. The lowest BCUT2D eigenvalue weighted by Crippen LogP contribution is -2.43. The first-order valence-electron chi connectivity index (χ1n) is 8.00. The molecule has 2 aliphatic heterocycles. The van der Waals surface area contributed by atoms with E-state index in [-0.39, 0.29) is 5.54 Å². The molecule has 21 heavy (non-hydrogen) atoms. The lowest BCUT2D eigenvalue weighted by Gasteiger charge is -2.34. The number of nitrogens with one attached hydrogen (secondary N) is 1.